The first-order valence-corrected chi connectivity index (χ1v) is 25.9. The number of aromatic nitrogens is 12. The van der Waals surface area contributed by atoms with Crippen LogP contribution in [0.15, 0.2) is 202 Å². The number of nitrogens with zero attached hydrogens (tertiary/aromatic N) is 12. The Morgan fingerprint density at radius 2 is 0.753 bits per heavy atom. The minimum Gasteiger partial charge on any atom is -0.307 e. The van der Waals surface area contributed by atoms with Gasteiger partial charge in [-0.1, -0.05) is 54.6 Å². The molecule has 0 saturated heterocycles. The van der Waals surface area contributed by atoms with Gasteiger partial charge in [-0.3, -0.25) is 61.1 Å². The van der Waals surface area contributed by atoms with Gasteiger partial charge in [0.15, 0.2) is 23.3 Å². The van der Waals surface area contributed by atoms with Crippen LogP contribution in [0.5, 0.6) is 0 Å². The minimum absolute atomic E-state index is 0.127. The second-order valence-corrected chi connectivity index (χ2v) is 18.0. The summed E-state index contributed by atoms with van der Waals surface area (Å²) in [5, 5.41) is 23.1. The summed E-state index contributed by atoms with van der Waals surface area (Å²) in [6, 6.07) is 26.5. The Morgan fingerprint density at radius 1 is 0.348 bits per heavy atom. The molecule has 0 spiro atoms. The van der Waals surface area contributed by atoms with Gasteiger partial charge in [-0.05, 0) is 61.5 Å². The van der Waals surface area contributed by atoms with Crippen LogP contribution in [0.2, 0.25) is 0 Å². The minimum atomic E-state index is -4.53. The quantitative estimate of drug-likeness (QED) is 0.0656. The van der Waals surface area contributed by atoms with E-state index in [0.717, 1.165) is 45.7 Å². The second kappa shape index (κ2) is 28.4. The molecule has 8 N–H and O–H groups in total. The number of amides is 8. The van der Waals surface area contributed by atoms with Crippen LogP contribution < -0.4 is 42.5 Å². The molecule has 12 rings (SSSR count). The SMILES string of the molecule is Cc1cc(NC(=O)Nc2cnccn2)c2ccccc2n1.O=C(Nc1cnccn1)Nc1ccnc2c(C(F)(F)F)cccc12.O=C(Nc1cnccn1)Nc1ccnc2cc(C(F)(F)F)ccc12.O=C(Nc1cnccn1)Nc1ccnc2ccccc12. The van der Waals surface area contributed by atoms with E-state index in [-0.39, 0.29) is 45.8 Å². The monoisotopic (exact) mass is 1210 g/mol. The van der Waals surface area contributed by atoms with E-state index in [9.17, 15) is 45.5 Å². The van der Waals surface area contributed by atoms with Gasteiger partial charge in [0.2, 0.25) is 0 Å². The van der Waals surface area contributed by atoms with Crippen LogP contribution in [0.1, 0.15) is 16.8 Å². The predicted molar refractivity (Wildman–Crippen MR) is 320 cm³/mol. The third kappa shape index (κ3) is 17.1. The number of rotatable bonds is 8. The van der Waals surface area contributed by atoms with Crippen molar-refractivity contribution in [3.05, 3.63) is 219 Å². The van der Waals surface area contributed by atoms with E-state index in [1.807, 2.05) is 61.5 Å². The molecule has 0 aliphatic carbocycles. The zero-order valence-corrected chi connectivity index (χ0v) is 45.8. The Hall–Kier alpha value is -12.5. The number of carbonyl (C=O) groups is 4. The van der Waals surface area contributed by atoms with Gasteiger partial charge >= 0.3 is 36.5 Å². The van der Waals surface area contributed by atoms with Gasteiger partial charge in [0, 0.05) is 95.4 Å². The van der Waals surface area contributed by atoms with Gasteiger partial charge in [-0.15, -0.1) is 0 Å². The predicted octanol–water partition coefficient (Wildman–Crippen LogP) is 13.0. The molecule has 8 amide bonds. The lowest BCUT2D eigenvalue weighted by molar-refractivity contribution is -0.138. The van der Waals surface area contributed by atoms with Crippen LogP contribution >= 0.6 is 0 Å². The number of anilines is 8. The van der Waals surface area contributed by atoms with Crippen molar-refractivity contribution in [1.82, 2.24) is 59.8 Å². The number of alkyl halides is 6. The maximum absolute atomic E-state index is 13.0. The van der Waals surface area contributed by atoms with Crippen molar-refractivity contribution >= 4 is 114 Å². The summed E-state index contributed by atoms with van der Waals surface area (Å²) in [7, 11) is 0. The fraction of sp³-hybridized carbons (Fsp3) is 0.0508. The van der Waals surface area contributed by atoms with Crippen LogP contribution in [-0.4, -0.2) is 83.9 Å². The van der Waals surface area contributed by atoms with Crippen LogP contribution in [-0.2, 0) is 12.4 Å². The maximum atomic E-state index is 13.0. The molecule has 446 valence electrons. The summed E-state index contributed by atoms with van der Waals surface area (Å²) >= 11 is 0. The van der Waals surface area contributed by atoms with E-state index in [0.29, 0.717) is 34.1 Å². The lowest BCUT2D eigenvalue weighted by atomic mass is 10.1. The fourth-order valence-electron chi connectivity index (χ4n) is 8.10. The molecule has 0 radical (unpaired) electrons. The number of para-hydroxylation sites is 3. The highest BCUT2D eigenvalue weighted by Gasteiger charge is 2.34. The number of hydrogen-bond donors (Lipinski definition) is 8. The lowest BCUT2D eigenvalue weighted by Gasteiger charge is -2.13. The van der Waals surface area contributed by atoms with Gasteiger partial charge in [0.25, 0.3) is 0 Å². The number of fused-ring (bicyclic) bond motifs is 4. The molecule has 0 aliphatic rings. The van der Waals surface area contributed by atoms with E-state index in [2.05, 4.69) is 102 Å². The molecular weight excluding hydrogens is 1170 g/mol. The number of carbonyl (C=O) groups excluding carboxylic acids is 4. The van der Waals surface area contributed by atoms with E-state index >= 15 is 0 Å². The van der Waals surface area contributed by atoms with Crippen molar-refractivity contribution in [3.63, 3.8) is 0 Å². The summed E-state index contributed by atoms with van der Waals surface area (Å²) in [5.41, 5.74) is 2.66. The first-order valence-electron chi connectivity index (χ1n) is 25.9. The first-order chi connectivity index (χ1) is 42.9. The van der Waals surface area contributed by atoms with Crippen molar-refractivity contribution in [3.8, 4) is 0 Å². The molecule has 89 heavy (non-hydrogen) atoms. The molecule has 12 aromatic rings. The molecule has 0 fully saturated rings. The van der Waals surface area contributed by atoms with Crippen LogP contribution in [0.25, 0.3) is 43.6 Å². The molecule has 8 heterocycles. The van der Waals surface area contributed by atoms with Gasteiger partial charge in [-0.2, -0.15) is 26.3 Å². The van der Waals surface area contributed by atoms with Gasteiger partial charge in [0.1, 0.15) is 0 Å². The van der Waals surface area contributed by atoms with E-state index < -0.39 is 35.5 Å². The smallest absolute Gasteiger partial charge is 0.307 e. The topological polar surface area (TPSA) is 319 Å². The number of aryl methyl sites for hydroxylation is 1. The molecule has 0 unspecified atom stereocenters. The van der Waals surface area contributed by atoms with Crippen molar-refractivity contribution in [1.29, 1.82) is 0 Å². The molecule has 0 saturated carbocycles. The van der Waals surface area contributed by atoms with Crippen molar-refractivity contribution in [2.24, 2.45) is 0 Å². The molecule has 0 aliphatic heterocycles. The Kier molecular flexibility index (Phi) is 19.5. The van der Waals surface area contributed by atoms with Gasteiger partial charge in [0.05, 0.1) is 80.7 Å². The Balaban J connectivity index is 0.000000141. The van der Waals surface area contributed by atoms with E-state index in [1.165, 1.54) is 105 Å². The Bertz CT molecular complexity index is 4430. The van der Waals surface area contributed by atoms with Crippen LogP contribution in [0, 0.1) is 6.92 Å². The zero-order chi connectivity index (χ0) is 62.8. The standard InChI is InChI=1S/2C15H10F3N5O.C15H13N5O.C14H11N5O/c16-15(17,18)9-1-2-10-11(3-4-20-12(10)7-9)22-14(24)23-13-8-19-5-6-21-13;16-15(17,18)10-3-1-2-9-11(4-5-21-13(9)10)22-14(24)23-12-8-19-6-7-20-12;1-10-8-13(11-4-2-3-5-12(11)18-10)19-15(21)20-14-9-16-6-7-17-14;20-14(19-13-9-15-7-8-17-13)18-12-5-6-16-11-4-2-1-3-10(11)12/h2*1-8H,(H2,20,21,22,23,24);2-9H,1H3,(H2,17,18,19,20,21);1-9H,(H2,16,17,18,19,20). The van der Waals surface area contributed by atoms with Crippen molar-refractivity contribution < 1.29 is 45.5 Å². The van der Waals surface area contributed by atoms with Crippen LogP contribution in [0.3, 0.4) is 0 Å². The van der Waals surface area contributed by atoms with Crippen molar-refractivity contribution in [2.75, 3.05) is 42.5 Å². The summed E-state index contributed by atoms with van der Waals surface area (Å²) in [6.07, 6.45) is 12.7. The third-order valence-corrected chi connectivity index (χ3v) is 11.9. The number of pyridine rings is 4. The first kappa shape index (κ1) is 61.1. The molecule has 0 atom stereocenters. The molecule has 4 aromatic carbocycles. The Morgan fingerprint density at radius 3 is 1.21 bits per heavy atom. The fourth-order valence-corrected chi connectivity index (χ4v) is 8.10. The number of halogens is 6. The lowest BCUT2D eigenvalue weighted by Crippen LogP contribution is -2.20. The molecule has 8 aromatic heterocycles. The maximum Gasteiger partial charge on any atom is 0.418 e. The highest BCUT2D eigenvalue weighted by Crippen LogP contribution is 2.36. The summed E-state index contributed by atoms with van der Waals surface area (Å²) in [4.78, 5) is 95.4. The summed E-state index contributed by atoms with van der Waals surface area (Å²) in [5.74, 6) is 1.24. The van der Waals surface area contributed by atoms with Gasteiger partial charge < -0.3 is 21.3 Å². The van der Waals surface area contributed by atoms with Gasteiger partial charge in [-0.25, -0.2) is 39.1 Å². The largest absolute Gasteiger partial charge is 0.418 e. The average Bonchev–Trinajstić information content (AvgIpc) is 2.26. The second-order valence-electron chi connectivity index (χ2n) is 18.0. The number of benzene rings is 4. The normalized spacial score (nSPS) is 10.8. The van der Waals surface area contributed by atoms with Crippen LogP contribution in [0.4, 0.5) is 91.5 Å². The highest BCUT2D eigenvalue weighted by molar-refractivity contribution is 6.08. The third-order valence-electron chi connectivity index (χ3n) is 11.9. The summed E-state index contributed by atoms with van der Waals surface area (Å²) in [6.45, 7) is 1.89. The highest BCUT2D eigenvalue weighted by atomic mass is 19.4. The zero-order valence-electron chi connectivity index (χ0n) is 45.8. The van der Waals surface area contributed by atoms with E-state index in [1.54, 1.807) is 24.7 Å². The average molecular weight is 1210 g/mol. The molecule has 24 nitrogen and oxygen atoms in total. The number of urea groups is 4. The summed E-state index contributed by atoms with van der Waals surface area (Å²) < 4.78 is 77.4. The molecular formula is C59H44F6N20O4. The molecule has 0 bridgehead atoms. The van der Waals surface area contributed by atoms with E-state index in [4.69, 9.17) is 0 Å². The molecule has 30 heteroatoms. The van der Waals surface area contributed by atoms with Crippen molar-refractivity contribution in [2.45, 2.75) is 19.3 Å². The number of nitrogens with one attached hydrogen (secondary N) is 8. The number of hydrogen-bond acceptors (Lipinski definition) is 16. The Labute approximate surface area is 498 Å².